The number of carbonyl (C=O) groups is 1. The van der Waals surface area contributed by atoms with Crippen molar-refractivity contribution in [2.75, 3.05) is 18.6 Å². The second-order valence-electron chi connectivity index (χ2n) is 4.48. The van der Waals surface area contributed by atoms with E-state index >= 15 is 0 Å². The Kier molecular flexibility index (Phi) is 6.11. The van der Waals surface area contributed by atoms with Crippen molar-refractivity contribution in [2.24, 2.45) is 0 Å². The van der Waals surface area contributed by atoms with Gasteiger partial charge < -0.3 is 10.4 Å². The number of thiazole rings is 1. The van der Waals surface area contributed by atoms with Crippen molar-refractivity contribution in [1.29, 1.82) is 0 Å². The summed E-state index contributed by atoms with van der Waals surface area (Å²) < 4.78 is 0. The highest BCUT2D eigenvalue weighted by Gasteiger charge is 2.21. The Bertz CT molecular complexity index is 391. The van der Waals surface area contributed by atoms with Crippen LogP contribution in [0.4, 0.5) is 0 Å². The highest BCUT2D eigenvalue weighted by atomic mass is 32.2. The van der Waals surface area contributed by atoms with Crippen molar-refractivity contribution in [3.05, 3.63) is 16.1 Å². The van der Waals surface area contributed by atoms with Crippen LogP contribution in [0.25, 0.3) is 0 Å². The molecule has 1 rings (SSSR count). The highest BCUT2D eigenvalue weighted by molar-refractivity contribution is 7.98. The summed E-state index contributed by atoms with van der Waals surface area (Å²) in [5, 5.41) is 13.7. The SMILES string of the molecule is CCCc1ncc(C(=O)NCC(C)(O)CSC)s1. The average molecular weight is 288 g/mol. The van der Waals surface area contributed by atoms with E-state index in [0.29, 0.717) is 10.6 Å². The van der Waals surface area contributed by atoms with E-state index in [-0.39, 0.29) is 12.5 Å². The number of amides is 1. The fourth-order valence-electron chi connectivity index (χ4n) is 1.46. The molecule has 0 aliphatic heterocycles. The maximum absolute atomic E-state index is 11.9. The fraction of sp³-hybridized carbons (Fsp3) is 0.667. The van der Waals surface area contributed by atoms with Crippen molar-refractivity contribution in [3.8, 4) is 0 Å². The first-order valence-corrected chi connectivity index (χ1v) is 8.14. The third-order valence-electron chi connectivity index (χ3n) is 2.33. The standard InChI is InChI=1S/C12H20N2O2S2/c1-4-5-10-13-6-9(18-10)11(15)14-7-12(2,16)8-17-3/h6,16H,4-5,7-8H2,1-3H3,(H,14,15). The van der Waals surface area contributed by atoms with Crippen LogP contribution < -0.4 is 5.32 Å². The Morgan fingerprint density at radius 3 is 3.00 bits per heavy atom. The van der Waals surface area contributed by atoms with Crippen molar-refractivity contribution in [1.82, 2.24) is 10.3 Å². The van der Waals surface area contributed by atoms with E-state index in [1.807, 2.05) is 6.26 Å². The minimum Gasteiger partial charge on any atom is -0.387 e. The van der Waals surface area contributed by atoms with E-state index in [2.05, 4.69) is 17.2 Å². The van der Waals surface area contributed by atoms with Crippen LogP contribution in [0.15, 0.2) is 6.20 Å². The third-order valence-corrected chi connectivity index (χ3v) is 4.29. The molecule has 0 saturated heterocycles. The van der Waals surface area contributed by atoms with Crippen molar-refractivity contribution in [3.63, 3.8) is 0 Å². The summed E-state index contributed by atoms with van der Waals surface area (Å²) in [4.78, 5) is 16.7. The van der Waals surface area contributed by atoms with Gasteiger partial charge in [-0.1, -0.05) is 6.92 Å². The second kappa shape index (κ2) is 7.11. The molecule has 0 aliphatic rings. The molecule has 0 radical (unpaired) electrons. The molecule has 0 aromatic carbocycles. The van der Waals surface area contributed by atoms with E-state index in [0.717, 1.165) is 17.8 Å². The molecule has 6 heteroatoms. The zero-order chi connectivity index (χ0) is 13.6. The van der Waals surface area contributed by atoms with Crippen LogP contribution in [0.3, 0.4) is 0 Å². The molecule has 1 heterocycles. The molecule has 1 aromatic rings. The smallest absolute Gasteiger partial charge is 0.263 e. The van der Waals surface area contributed by atoms with Gasteiger partial charge in [-0.25, -0.2) is 4.98 Å². The lowest BCUT2D eigenvalue weighted by molar-refractivity contribution is 0.0727. The highest BCUT2D eigenvalue weighted by Crippen LogP contribution is 2.15. The molecule has 1 amide bonds. The van der Waals surface area contributed by atoms with Gasteiger partial charge in [0.15, 0.2) is 0 Å². The minimum absolute atomic E-state index is 0.156. The number of aryl methyl sites for hydroxylation is 1. The topological polar surface area (TPSA) is 62.2 Å². The zero-order valence-corrected chi connectivity index (χ0v) is 12.7. The molecule has 0 bridgehead atoms. The number of carbonyl (C=O) groups excluding carboxylic acids is 1. The molecule has 2 N–H and O–H groups in total. The predicted molar refractivity (Wildman–Crippen MR) is 77.4 cm³/mol. The number of hydrogen-bond acceptors (Lipinski definition) is 5. The molecule has 0 spiro atoms. The molecule has 0 fully saturated rings. The molecule has 0 saturated carbocycles. The molecular formula is C12H20N2O2S2. The molecule has 1 aromatic heterocycles. The van der Waals surface area contributed by atoms with Gasteiger partial charge >= 0.3 is 0 Å². The van der Waals surface area contributed by atoms with Crippen LogP contribution in [-0.2, 0) is 6.42 Å². The number of hydrogen-bond donors (Lipinski definition) is 2. The average Bonchev–Trinajstić information content (AvgIpc) is 2.75. The largest absolute Gasteiger partial charge is 0.387 e. The Morgan fingerprint density at radius 1 is 1.67 bits per heavy atom. The normalized spacial score (nSPS) is 14.2. The number of nitrogens with zero attached hydrogens (tertiary/aromatic N) is 1. The summed E-state index contributed by atoms with van der Waals surface area (Å²) in [6.07, 6.45) is 5.46. The summed E-state index contributed by atoms with van der Waals surface area (Å²) in [6, 6.07) is 0. The zero-order valence-electron chi connectivity index (χ0n) is 11.0. The van der Waals surface area contributed by atoms with Crippen LogP contribution >= 0.6 is 23.1 Å². The number of thioether (sulfide) groups is 1. The Balaban J connectivity index is 2.49. The number of nitrogens with one attached hydrogen (secondary N) is 1. The molecule has 0 aliphatic carbocycles. The minimum atomic E-state index is -0.869. The van der Waals surface area contributed by atoms with Gasteiger partial charge in [0.05, 0.1) is 16.8 Å². The number of rotatable bonds is 7. The lowest BCUT2D eigenvalue weighted by Gasteiger charge is -2.22. The quantitative estimate of drug-likeness (QED) is 0.805. The van der Waals surface area contributed by atoms with Crippen LogP contribution in [0, 0.1) is 0 Å². The Morgan fingerprint density at radius 2 is 2.39 bits per heavy atom. The van der Waals surface area contributed by atoms with E-state index in [4.69, 9.17) is 0 Å². The van der Waals surface area contributed by atoms with Gasteiger partial charge in [0.25, 0.3) is 5.91 Å². The van der Waals surface area contributed by atoms with Crippen molar-refractivity contribution < 1.29 is 9.90 Å². The van der Waals surface area contributed by atoms with Crippen molar-refractivity contribution >= 4 is 29.0 Å². The van der Waals surface area contributed by atoms with Gasteiger partial charge in [-0.05, 0) is 26.0 Å². The first-order chi connectivity index (χ1) is 8.48. The Labute approximate surface area is 116 Å². The summed E-state index contributed by atoms with van der Waals surface area (Å²) in [6.45, 7) is 4.06. The fourth-order valence-corrected chi connectivity index (χ4v) is 3.12. The summed E-state index contributed by atoms with van der Waals surface area (Å²) in [5.74, 6) is 0.438. The lowest BCUT2D eigenvalue weighted by Crippen LogP contribution is -2.42. The molecule has 1 unspecified atom stereocenters. The number of aromatic nitrogens is 1. The Hall–Kier alpha value is -0.590. The van der Waals surface area contributed by atoms with Gasteiger partial charge in [0.1, 0.15) is 4.88 Å². The van der Waals surface area contributed by atoms with Crippen LogP contribution in [-0.4, -0.2) is 40.2 Å². The summed E-state index contributed by atoms with van der Waals surface area (Å²) in [7, 11) is 0. The molecule has 4 nitrogen and oxygen atoms in total. The lowest BCUT2D eigenvalue weighted by atomic mass is 10.1. The van der Waals surface area contributed by atoms with Gasteiger partial charge in [0, 0.05) is 12.3 Å². The first-order valence-electron chi connectivity index (χ1n) is 5.92. The van der Waals surface area contributed by atoms with E-state index in [9.17, 15) is 9.90 Å². The predicted octanol–water partition coefficient (Wildman–Crippen LogP) is 1.94. The molecule has 102 valence electrons. The van der Waals surface area contributed by atoms with Gasteiger partial charge in [0.2, 0.25) is 0 Å². The number of aliphatic hydroxyl groups is 1. The van der Waals surface area contributed by atoms with E-state index in [1.165, 1.54) is 11.3 Å². The molecule has 18 heavy (non-hydrogen) atoms. The van der Waals surface area contributed by atoms with Gasteiger partial charge in [-0.15, -0.1) is 11.3 Å². The molecular weight excluding hydrogens is 268 g/mol. The summed E-state index contributed by atoms with van der Waals surface area (Å²) in [5.41, 5.74) is -0.869. The third kappa shape index (κ3) is 4.96. The summed E-state index contributed by atoms with van der Waals surface area (Å²) >= 11 is 2.98. The van der Waals surface area contributed by atoms with Crippen LogP contribution in [0.1, 0.15) is 34.9 Å². The van der Waals surface area contributed by atoms with Crippen LogP contribution in [0.2, 0.25) is 0 Å². The second-order valence-corrected chi connectivity index (χ2v) is 6.46. The maximum atomic E-state index is 11.9. The molecule has 1 atom stereocenters. The van der Waals surface area contributed by atoms with Gasteiger partial charge in [-0.3, -0.25) is 4.79 Å². The first kappa shape index (κ1) is 15.5. The monoisotopic (exact) mass is 288 g/mol. The van der Waals surface area contributed by atoms with Crippen LogP contribution in [0.5, 0.6) is 0 Å². The van der Waals surface area contributed by atoms with E-state index in [1.54, 1.807) is 24.9 Å². The van der Waals surface area contributed by atoms with E-state index < -0.39 is 5.60 Å². The van der Waals surface area contributed by atoms with Gasteiger partial charge in [-0.2, -0.15) is 11.8 Å². The maximum Gasteiger partial charge on any atom is 0.263 e. The van der Waals surface area contributed by atoms with Crippen molar-refractivity contribution in [2.45, 2.75) is 32.3 Å².